The predicted octanol–water partition coefficient (Wildman–Crippen LogP) is 2.91. The van der Waals surface area contributed by atoms with E-state index in [9.17, 15) is 4.79 Å². The van der Waals surface area contributed by atoms with Gasteiger partial charge in [0, 0.05) is 37.3 Å². The van der Waals surface area contributed by atoms with Crippen LogP contribution in [0.2, 0.25) is 0 Å². The lowest BCUT2D eigenvalue weighted by Gasteiger charge is -2.33. The fourth-order valence-electron chi connectivity index (χ4n) is 3.27. The number of hydrogen-bond acceptors (Lipinski definition) is 5. The Kier molecular flexibility index (Phi) is 4.67. The summed E-state index contributed by atoms with van der Waals surface area (Å²) in [4.78, 5) is 15.8. The van der Waals surface area contributed by atoms with Crippen molar-refractivity contribution in [3.05, 3.63) is 64.5 Å². The van der Waals surface area contributed by atoms with E-state index in [2.05, 4.69) is 43.6 Å². The molecular formula is C18H20N4O2S. The van der Waals surface area contributed by atoms with Gasteiger partial charge in [0.25, 0.3) is 5.91 Å². The van der Waals surface area contributed by atoms with Crippen molar-refractivity contribution < 1.29 is 9.21 Å². The standard InChI is InChI=1S/C18H20N4O2S/c23-18(17-4-1-9-24-17)19-7-5-14-11-21(13-16-3-2-10-25-16)12-15-6-8-20-22(14)15/h1-4,6,8-10,14H,5,7,11-13H2,(H,19,23)/t14-/m1/s1. The first-order valence-electron chi connectivity index (χ1n) is 8.38. The van der Waals surface area contributed by atoms with Crippen molar-refractivity contribution in [3.8, 4) is 0 Å². The van der Waals surface area contributed by atoms with E-state index in [1.807, 2.05) is 6.20 Å². The van der Waals surface area contributed by atoms with Gasteiger partial charge in [-0.05, 0) is 36.1 Å². The summed E-state index contributed by atoms with van der Waals surface area (Å²) in [6.45, 7) is 3.39. The molecule has 25 heavy (non-hydrogen) atoms. The normalized spacial score (nSPS) is 17.4. The number of hydrogen-bond donors (Lipinski definition) is 1. The van der Waals surface area contributed by atoms with Gasteiger partial charge in [0.2, 0.25) is 0 Å². The first kappa shape index (κ1) is 16.1. The maximum atomic E-state index is 12.0. The van der Waals surface area contributed by atoms with Gasteiger partial charge in [-0.3, -0.25) is 14.4 Å². The Morgan fingerprint density at radius 1 is 1.36 bits per heavy atom. The Balaban J connectivity index is 1.37. The Hall–Kier alpha value is -2.38. The highest BCUT2D eigenvalue weighted by Crippen LogP contribution is 2.25. The van der Waals surface area contributed by atoms with Gasteiger partial charge in [-0.2, -0.15) is 5.10 Å². The molecule has 1 aliphatic heterocycles. The van der Waals surface area contributed by atoms with Gasteiger partial charge in [0.1, 0.15) is 0 Å². The van der Waals surface area contributed by atoms with Crippen LogP contribution in [0.15, 0.2) is 52.6 Å². The van der Waals surface area contributed by atoms with Crippen molar-refractivity contribution in [2.24, 2.45) is 0 Å². The van der Waals surface area contributed by atoms with Crippen LogP contribution in [0.25, 0.3) is 0 Å². The van der Waals surface area contributed by atoms with Crippen LogP contribution in [0.3, 0.4) is 0 Å². The molecule has 0 bridgehead atoms. The average molecular weight is 356 g/mol. The molecule has 1 amide bonds. The number of carbonyl (C=O) groups excluding carboxylic acids is 1. The first-order chi connectivity index (χ1) is 12.3. The lowest BCUT2D eigenvalue weighted by molar-refractivity contribution is 0.0919. The average Bonchev–Trinajstić information content (AvgIpc) is 3.36. The summed E-state index contributed by atoms with van der Waals surface area (Å²) in [5.41, 5.74) is 1.23. The molecule has 1 aliphatic rings. The minimum absolute atomic E-state index is 0.170. The second-order valence-corrected chi connectivity index (χ2v) is 7.22. The van der Waals surface area contributed by atoms with Crippen LogP contribution in [-0.2, 0) is 13.1 Å². The zero-order valence-electron chi connectivity index (χ0n) is 13.8. The van der Waals surface area contributed by atoms with Crippen molar-refractivity contribution in [3.63, 3.8) is 0 Å². The van der Waals surface area contributed by atoms with E-state index in [-0.39, 0.29) is 11.9 Å². The smallest absolute Gasteiger partial charge is 0.286 e. The molecule has 3 aromatic heterocycles. The second kappa shape index (κ2) is 7.25. The monoisotopic (exact) mass is 356 g/mol. The quantitative estimate of drug-likeness (QED) is 0.738. The molecule has 0 aliphatic carbocycles. The predicted molar refractivity (Wildman–Crippen MR) is 95.4 cm³/mol. The van der Waals surface area contributed by atoms with E-state index in [1.165, 1.54) is 16.8 Å². The van der Waals surface area contributed by atoms with E-state index in [0.717, 1.165) is 26.1 Å². The van der Waals surface area contributed by atoms with Crippen LogP contribution in [0.1, 0.15) is 33.6 Å². The van der Waals surface area contributed by atoms with Crippen LogP contribution >= 0.6 is 11.3 Å². The summed E-state index contributed by atoms with van der Waals surface area (Å²) < 4.78 is 7.22. The third-order valence-electron chi connectivity index (χ3n) is 4.42. The number of rotatable bonds is 6. The number of carbonyl (C=O) groups is 1. The molecule has 1 N–H and O–H groups in total. The number of furan rings is 1. The van der Waals surface area contributed by atoms with E-state index < -0.39 is 0 Å². The van der Waals surface area contributed by atoms with E-state index in [4.69, 9.17) is 4.42 Å². The van der Waals surface area contributed by atoms with Gasteiger partial charge in [-0.25, -0.2) is 0 Å². The number of nitrogens with zero attached hydrogens (tertiary/aromatic N) is 3. The summed E-state index contributed by atoms with van der Waals surface area (Å²) in [7, 11) is 0. The third kappa shape index (κ3) is 3.67. The SMILES string of the molecule is O=C(NCC[C@@H]1CN(Cc2cccs2)Cc2ccnn21)c1ccco1. The number of amides is 1. The molecule has 130 valence electrons. The zero-order valence-corrected chi connectivity index (χ0v) is 14.6. The minimum Gasteiger partial charge on any atom is -0.459 e. The van der Waals surface area contributed by atoms with Gasteiger partial charge in [-0.15, -0.1) is 11.3 Å². The fourth-order valence-corrected chi connectivity index (χ4v) is 4.02. The molecule has 0 aromatic carbocycles. The number of thiophene rings is 1. The number of fused-ring (bicyclic) bond motifs is 1. The van der Waals surface area contributed by atoms with Gasteiger partial charge in [-0.1, -0.05) is 6.07 Å². The summed E-state index contributed by atoms with van der Waals surface area (Å²) >= 11 is 1.79. The topological polar surface area (TPSA) is 63.3 Å². The highest BCUT2D eigenvalue weighted by atomic mass is 32.1. The molecule has 3 aromatic rings. The molecule has 1 atom stereocenters. The highest BCUT2D eigenvalue weighted by molar-refractivity contribution is 7.09. The zero-order chi connectivity index (χ0) is 17.1. The Morgan fingerprint density at radius 2 is 2.32 bits per heavy atom. The van der Waals surface area contributed by atoms with E-state index in [0.29, 0.717) is 12.3 Å². The van der Waals surface area contributed by atoms with Crippen LogP contribution in [0.5, 0.6) is 0 Å². The molecule has 0 saturated heterocycles. The largest absolute Gasteiger partial charge is 0.459 e. The van der Waals surface area contributed by atoms with Crippen molar-refractivity contribution in [1.82, 2.24) is 20.0 Å². The van der Waals surface area contributed by atoms with Crippen LogP contribution in [0, 0.1) is 0 Å². The van der Waals surface area contributed by atoms with E-state index in [1.54, 1.807) is 23.5 Å². The van der Waals surface area contributed by atoms with Crippen LogP contribution in [-0.4, -0.2) is 33.7 Å². The molecule has 6 nitrogen and oxygen atoms in total. The van der Waals surface area contributed by atoms with Crippen LogP contribution < -0.4 is 5.32 Å². The highest BCUT2D eigenvalue weighted by Gasteiger charge is 2.25. The lowest BCUT2D eigenvalue weighted by atomic mass is 10.1. The lowest BCUT2D eigenvalue weighted by Crippen LogP contribution is -2.38. The molecule has 0 fully saturated rings. The molecule has 0 saturated carbocycles. The number of aromatic nitrogens is 2. The molecule has 0 radical (unpaired) electrons. The minimum atomic E-state index is -0.170. The van der Waals surface area contributed by atoms with Crippen LogP contribution in [0.4, 0.5) is 0 Å². The Morgan fingerprint density at radius 3 is 3.12 bits per heavy atom. The maximum Gasteiger partial charge on any atom is 0.286 e. The van der Waals surface area contributed by atoms with Crippen molar-refractivity contribution >= 4 is 17.2 Å². The summed E-state index contributed by atoms with van der Waals surface area (Å²) in [5.74, 6) is 0.180. The molecule has 7 heteroatoms. The van der Waals surface area contributed by atoms with Crippen molar-refractivity contribution in [2.75, 3.05) is 13.1 Å². The van der Waals surface area contributed by atoms with Gasteiger partial charge >= 0.3 is 0 Å². The van der Waals surface area contributed by atoms with Gasteiger partial charge in [0.15, 0.2) is 5.76 Å². The van der Waals surface area contributed by atoms with Crippen molar-refractivity contribution in [2.45, 2.75) is 25.6 Å². The summed E-state index contributed by atoms with van der Waals surface area (Å²) in [5, 5.41) is 9.52. The van der Waals surface area contributed by atoms with Crippen molar-refractivity contribution in [1.29, 1.82) is 0 Å². The summed E-state index contributed by atoms with van der Waals surface area (Å²) in [6, 6.07) is 9.99. The Bertz CT molecular complexity index is 810. The second-order valence-electron chi connectivity index (χ2n) is 6.19. The molecule has 0 unspecified atom stereocenters. The number of nitrogens with one attached hydrogen (secondary N) is 1. The van der Waals surface area contributed by atoms with Gasteiger partial charge < -0.3 is 9.73 Å². The maximum absolute atomic E-state index is 12.0. The fraction of sp³-hybridized carbons (Fsp3) is 0.333. The van der Waals surface area contributed by atoms with E-state index >= 15 is 0 Å². The first-order valence-corrected chi connectivity index (χ1v) is 9.26. The molecule has 4 heterocycles. The third-order valence-corrected chi connectivity index (χ3v) is 5.28. The summed E-state index contributed by atoms with van der Waals surface area (Å²) in [6.07, 6.45) is 4.20. The molecule has 0 spiro atoms. The molecular weight excluding hydrogens is 336 g/mol. The molecule has 4 rings (SSSR count). The van der Waals surface area contributed by atoms with Gasteiger partial charge in [0.05, 0.1) is 18.0 Å². The Labute approximate surface area is 150 Å².